The molecule has 228 valence electrons. The quantitative estimate of drug-likeness (QED) is 0.314. The molecule has 43 heavy (non-hydrogen) atoms. The van der Waals surface area contributed by atoms with Crippen LogP contribution in [0, 0.1) is 20.8 Å². The predicted octanol–water partition coefficient (Wildman–Crippen LogP) is 4.95. The summed E-state index contributed by atoms with van der Waals surface area (Å²) in [6.07, 6.45) is 4.22. The van der Waals surface area contributed by atoms with Gasteiger partial charge in [-0.25, -0.2) is 0 Å². The molecule has 1 aromatic heterocycles. The lowest BCUT2D eigenvalue weighted by Gasteiger charge is -2.37. The van der Waals surface area contributed by atoms with E-state index in [1.165, 1.54) is 11.3 Å². The number of nitrogens with zero attached hydrogens (tertiary/aromatic N) is 1. The van der Waals surface area contributed by atoms with Crippen molar-refractivity contribution in [2.24, 2.45) is 0 Å². The Morgan fingerprint density at radius 2 is 1.81 bits per heavy atom. The van der Waals surface area contributed by atoms with Gasteiger partial charge in [-0.1, -0.05) is 12.1 Å². The second-order valence-electron chi connectivity index (χ2n) is 12.6. The third-order valence-electron chi connectivity index (χ3n) is 9.94. The molecule has 3 aromatic rings. The van der Waals surface area contributed by atoms with Crippen LogP contribution in [0.2, 0.25) is 0 Å². The molecule has 4 N–H and O–H groups in total. The molecule has 0 bridgehead atoms. The third kappa shape index (κ3) is 5.70. The Morgan fingerprint density at radius 1 is 1.05 bits per heavy atom. The molecular weight excluding hydrogens is 538 g/mol. The van der Waals surface area contributed by atoms with Crippen LogP contribution in [0.25, 0.3) is 11.1 Å². The zero-order valence-electron chi connectivity index (χ0n) is 26.0. The average Bonchev–Trinajstić information content (AvgIpc) is 3.35. The summed E-state index contributed by atoms with van der Waals surface area (Å²) < 4.78 is 5.68. The first-order valence-electron chi connectivity index (χ1n) is 15.9. The first-order chi connectivity index (χ1) is 20.8. The van der Waals surface area contributed by atoms with Gasteiger partial charge in [0.1, 0.15) is 0 Å². The lowest BCUT2D eigenvalue weighted by atomic mass is 9.75. The number of anilines is 2. The number of fused-ring (bicyclic) bond motifs is 2. The summed E-state index contributed by atoms with van der Waals surface area (Å²) in [5.41, 5.74) is 9.69. The van der Waals surface area contributed by atoms with Crippen molar-refractivity contribution in [2.45, 2.75) is 71.4 Å². The molecule has 1 spiro atoms. The maximum atomic E-state index is 13.9. The number of piperidine rings is 1. The summed E-state index contributed by atoms with van der Waals surface area (Å²) in [5, 5.41) is 10.2. The second kappa shape index (κ2) is 12.2. The number of aromatic nitrogens is 1. The van der Waals surface area contributed by atoms with Crippen molar-refractivity contribution in [2.75, 3.05) is 49.6 Å². The first-order valence-corrected chi connectivity index (χ1v) is 15.9. The van der Waals surface area contributed by atoms with Crippen LogP contribution in [-0.2, 0) is 16.7 Å². The molecule has 2 saturated heterocycles. The van der Waals surface area contributed by atoms with E-state index in [1.54, 1.807) is 0 Å². The van der Waals surface area contributed by atoms with Crippen molar-refractivity contribution in [3.63, 3.8) is 0 Å². The lowest BCUT2D eigenvalue weighted by Crippen LogP contribution is -2.43. The number of rotatable bonds is 7. The number of carbonyl (C=O) groups excluding carboxylic acids is 1. The number of aromatic amines is 1. The summed E-state index contributed by atoms with van der Waals surface area (Å²) >= 11 is 0. The molecule has 0 radical (unpaired) electrons. The van der Waals surface area contributed by atoms with Crippen molar-refractivity contribution < 1.29 is 9.53 Å². The minimum atomic E-state index is -0.165. The summed E-state index contributed by atoms with van der Waals surface area (Å²) in [7, 11) is 0. The average molecular weight is 584 g/mol. The molecule has 2 aromatic carbocycles. The number of aryl methyl sites for hydroxylation is 2. The van der Waals surface area contributed by atoms with Crippen molar-refractivity contribution in [1.82, 2.24) is 15.6 Å². The van der Waals surface area contributed by atoms with E-state index in [0.29, 0.717) is 17.2 Å². The van der Waals surface area contributed by atoms with Gasteiger partial charge in [-0.3, -0.25) is 9.59 Å². The second-order valence-corrected chi connectivity index (χ2v) is 12.6. The number of carbonyl (C=O) groups is 1. The number of hydrogen-bond donors (Lipinski definition) is 4. The highest BCUT2D eigenvalue weighted by molar-refractivity contribution is 5.99. The Bertz CT molecular complexity index is 1570. The molecule has 8 nitrogen and oxygen atoms in total. The predicted molar refractivity (Wildman–Crippen MR) is 173 cm³/mol. The van der Waals surface area contributed by atoms with Gasteiger partial charge < -0.3 is 30.6 Å². The van der Waals surface area contributed by atoms with Crippen molar-refractivity contribution >= 4 is 17.3 Å². The molecule has 0 aliphatic carbocycles. The highest BCUT2D eigenvalue weighted by atomic mass is 16.5. The Balaban J connectivity index is 1.38. The Kier molecular flexibility index (Phi) is 8.34. The minimum absolute atomic E-state index is 0.148. The van der Waals surface area contributed by atoms with Crippen LogP contribution in [0.4, 0.5) is 11.4 Å². The van der Waals surface area contributed by atoms with Crippen LogP contribution in [0.1, 0.15) is 70.9 Å². The third-order valence-corrected chi connectivity index (χ3v) is 9.94. The maximum absolute atomic E-state index is 13.9. The van der Waals surface area contributed by atoms with Crippen LogP contribution in [-0.4, -0.2) is 56.3 Å². The van der Waals surface area contributed by atoms with Crippen LogP contribution in [0.15, 0.2) is 41.2 Å². The molecule has 4 heterocycles. The largest absolute Gasteiger partial charge is 0.384 e. The number of benzene rings is 2. The zero-order valence-corrected chi connectivity index (χ0v) is 26.0. The normalized spacial score (nSPS) is 17.9. The van der Waals surface area contributed by atoms with Gasteiger partial charge in [0.25, 0.3) is 11.5 Å². The first kappa shape index (κ1) is 29.5. The number of amides is 1. The number of pyridine rings is 1. The van der Waals surface area contributed by atoms with Gasteiger partial charge >= 0.3 is 0 Å². The van der Waals surface area contributed by atoms with E-state index in [0.717, 1.165) is 98.7 Å². The Hall–Kier alpha value is -3.62. The van der Waals surface area contributed by atoms with E-state index >= 15 is 0 Å². The van der Waals surface area contributed by atoms with Crippen LogP contribution >= 0.6 is 0 Å². The molecular formula is C35H45N5O3. The fourth-order valence-corrected chi connectivity index (χ4v) is 7.41. The Morgan fingerprint density at radius 3 is 2.53 bits per heavy atom. The molecule has 3 aliphatic rings. The van der Waals surface area contributed by atoms with Crippen molar-refractivity contribution in [1.29, 1.82) is 0 Å². The fourth-order valence-electron chi connectivity index (χ4n) is 7.41. The molecule has 0 saturated carbocycles. The summed E-state index contributed by atoms with van der Waals surface area (Å²) in [4.78, 5) is 31.9. The van der Waals surface area contributed by atoms with Crippen LogP contribution in [0.3, 0.4) is 0 Å². The van der Waals surface area contributed by atoms with Crippen LogP contribution < -0.4 is 26.4 Å². The van der Waals surface area contributed by atoms with Gasteiger partial charge in [0.2, 0.25) is 0 Å². The molecule has 0 unspecified atom stereocenters. The maximum Gasteiger partial charge on any atom is 0.253 e. The SMILES string of the molecule is CCN(c1cc(-c2ccc3c(c2)NCC32CCOCC2)cc(C(=O)NCc2c(C)cc(C)[nH]c2=O)c1C)C1CCNCC1. The van der Waals surface area contributed by atoms with Gasteiger partial charge in [-0.15, -0.1) is 0 Å². The summed E-state index contributed by atoms with van der Waals surface area (Å²) in [5.74, 6) is -0.165. The molecule has 0 atom stereocenters. The van der Waals surface area contributed by atoms with E-state index in [-0.39, 0.29) is 23.4 Å². The Labute approximate surface area is 254 Å². The molecule has 8 heteroatoms. The van der Waals surface area contributed by atoms with Crippen molar-refractivity contribution in [3.05, 3.63) is 80.3 Å². The van der Waals surface area contributed by atoms with E-state index < -0.39 is 0 Å². The van der Waals surface area contributed by atoms with E-state index in [9.17, 15) is 9.59 Å². The number of nitrogens with one attached hydrogen (secondary N) is 4. The van der Waals surface area contributed by atoms with Crippen molar-refractivity contribution in [3.8, 4) is 11.1 Å². The number of hydrogen-bond acceptors (Lipinski definition) is 6. The summed E-state index contributed by atoms with van der Waals surface area (Å²) in [6, 6.07) is 13.4. The van der Waals surface area contributed by atoms with Gasteiger partial charge in [0.05, 0.1) is 0 Å². The molecule has 1 amide bonds. The van der Waals surface area contributed by atoms with E-state index in [1.807, 2.05) is 26.0 Å². The smallest absolute Gasteiger partial charge is 0.253 e. The zero-order chi connectivity index (χ0) is 30.1. The van der Waals surface area contributed by atoms with Gasteiger partial charge in [0.15, 0.2) is 0 Å². The van der Waals surface area contributed by atoms with E-state index in [2.05, 4.69) is 63.9 Å². The molecule has 6 rings (SSSR count). The lowest BCUT2D eigenvalue weighted by molar-refractivity contribution is 0.0567. The minimum Gasteiger partial charge on any atom is -0.384 e. The standard InChI is InChI=1S/C35H45N5O3/c1-5-40(27-8-12-36-13-9-27)32-19-26(25-6-7-30-31(18-25)38-21-35(30)10-14-43-15-11-35)17-28(24(32)4)33(41)37-20-29-22(2)16-23(3)39-34(29)42/h6-7,16-19,27,36,38H,5,8-15,20-21H2,1-4H3,(H,37,41)(H,39,42). The van der Waals surface area contributed by atoms with Gasteiger partial charge in [0, 0.05) is 72.5 Å². The van der Waals surface area contributed by atoms with Gasteiger partial charge in [-0.2, -0.15) is 0 Å². The number of H-pyrrole nitrogens is 1. The molecule has 2 fully saturated rings. The highest BCUT2D eigenvalue weighted by Crippen LogP contribution is 2.45. The fraction of sp³-hybridized carbons (Fsp3) is 0.486. The summed E-state index contributed by atoms with van der Waals surface area (Å²) in [6.45, 7) is 13.6. The molecule has 3 aliphatic heterocycles. The topological polar surface area (TPSA) is 98.5 Å². The monoisotopic (exact) mass is 583 g/mol. The highest BCUT2D eigenvalue weighted by Gasteiger charge is 2.40. The number of ether oxygens (including phenoxy) is 1. The van der Waals surface area contributed by atoms with Crippen LogP contribution in [0.5, 0.6) is 0 Å². The van der Waals surface area contributed by atoms with Gasteiger partial charge in [-0.05, 0) is 119 Å². The van der Waals surface area contributed by atoms with E-state index in [4.69, 9.17) is 4.74 Å².